The van der Waals surface area contributed by atoms with Gasteiger partial charge in [-0.25, -0.2) is 9.59 Å². The number of urea groups is 1. The van der Waals surface area contributed by atoms with E-state index in [2.05, 4.69) is 10.6 Å². The summed E-state index contributed by atoms with van der Waals surface area (Å²) in [6.07, 6.45) is 0.0393. The number of nitrogens with one attached hydrogen (secondary N) is 2. The lowest BCUT2D eigenvalue weighted by Crippen LogP contribution is -2.50. The summed E-state index contributed by atoms with van der Waals surface area (Å²) < 4.78 is 15.6. The van der Waals surface area contributed by atoms with Crippen LogP contribution in [-0.4, -0.2) is 43.8 Å². The lowest BCUT2D eigenvalue weighted by molar-refractivity contribution is -0.144. The maximum atomic E-state index is 12.1. The highest BCUT2D eigenvalue weighted by molar-refractivity contribution is 5.94. The third-order valence-electron chi connectivity index (χ3n) is 3.84. The molecule has 1 aliphatic heterocycles. The number of hydrogen-bond donors (Lipinski definition) is 2. The molecule has 1 atom stereocenters. The van der Waals surface area contributed by atoms with Crippen LogP contribution in [0.15, 0.2) is 35.5 Å². The molecule has 0 bridgehead atoms. The zero-order valence-electron chi connectivity index (χ0n) is 15.7. The Morgan fingerprint density at radius 2 is 1.85 bits per heavy atom. The van der Waals surface area contributed by atoms with E-state index in [1.54, 1.807) is 13.8 Å². The van der Waals surface area contributed by atoms with Gasteiger partial charge in [0.25, 0.3) is 0 Å². The number of carbonyl (C=O) groups is 3. The van der Waals surface area contributed by atoms with Crippen molar-refractivity contribution in [1.29, 1.82) is 0 Å². The van der Waals surface area contributed by atoms with Gasteiger partial charge in [0.1, 0.15) is 12.4 Å². The number of aryl methyl sites for hydroxylation is 1. The number of esters is 2. The zero-order valence-corrected chi connectivity index (χ0v) is 15.7. The Labute approximate surface area is 157 Å². The minimum atomic E-state index is -0.564. The van der Waals surface area contributed by atoms with Crippen molar-refractivity contribution >= 4 is 18.0 Å². The molecule has 0 aliphatic carbocycles. The molecule has 2 N–H and O–H groups in total. The Hall–Kier alpha value is -3.03. The van der Waals surface area contributed by atoms with Gasteiger partial charge in [-0.05, 0) is 32.9 Å². The fraction of sp³-hybridized carbons (Fsp3) is 0.421. The van der Waals surface area contributed by atoms with Crippen LogP contribution in [0.4, 0.5) is 4.79 Å². The van der Waals surface area contributed by atoms with Gasteiger partial charge in [0.2, 0.25) is 0 Å². The molecule has 1 aliphatic rings. The van der Waals surface area contributed by atoms with Gasteiger partial charge in [-0.15, -0.1) is 0 Å². The highest BCUT2D eigenvalue weighted by atomic mass is 16.5. The largest absolute Gasteiger partial charge is 0.493 e. The van der Waals surface area contributed by atoms with E-state index >= 15 is 0 Å². The third-order valence-corrected chi connectivity index (χ3v) is 3.84. The van der Waals surface area contributed by atoms with Gasteiger partial charge in [-0.3, -0.25) is 4.79 Å². The van der Waals surface area contributed by atoms with Gasteiger partial charge in [0.05, 0.1) is 36.9 Å². The van der Waals surface area contributed by atoms with Crippen molar-refractivity contribution in [2.45, 2.75) is 33.2 Å². The molecule has 0 aromatic heterocycles. The van der Waals surface area contributed by atoms with Crippen LogP contribution in [0.25, 0.3) is 0 Å². The normalized spacial score (nSPS) is 16.3. The molecule has 1 aromatic rings. The van der Waals surface area contributed by atoms with Crippen molar-refractivity contribution in [2.75, 3.05) is 19.8 Å². The van der Waals surface area contributed by atoms with E-state index in [0.717, 1.165) is 5.56 Å². The number of rotatable bonds is 8. The molecule has 0 fully saturated rings. The van der Waals surface area contributed by atoms with Crippen LogP contribution in [0.5, 0.6) is 5.75 Å². The summed E-state index contributed by atoms with van der Waals surface area (Å²) in [4.78, 5) is 35.7. The molecule has 0 unspecified atom stereocenters. The molecule has 0 saturated carbocycles. The third kappa shape index (κ3) is 6.02. The van der Waals surface area contributed by atoms with Crippen LogP contribution in [0.3, 0.4) is 0 Å². The quantitative estimate of drug-likeness (QED) is 0.671. The standard InChI is InChI=1S/C19H24N2O6/c1-4-25-18(23)17-13(3)20-19(24)21-15(17)11-27-16(22)9-10-26-14-7-5-12(2)6-8-14/h5-8,13H,4,9-11H2,1-3H3,(H2,20,21,24)/t13-/m1/s1. The predicted molar refractivity (Wildman–Crippen MR) is 97.0 cm³/mol. The molecule has 1 heterocycles. The maximum Gasteiger partial charge on any atom is 0.338 e. The van der Waals surface area contributed by atoms with Crippen molar-refractivity contribution in [3.63, 3.8) is 0 Å². The van der Waals surface area contributed by atoms with Crippen molar-refractivity contribution in [1.82, 2.24) is 10.6 Å². The summed E-state index contributed by atoms with van der Waals surface area (Å²) in [5, 5.41) is 5.07. The first-order valence-electron chi connectivity index (χ1n) is 8.73. The summed E-state index contributed by atoms with van der Waals surface area (Å²) in [5.41, 5.74) is 1.57. The molecule has 2 rings (SSSR count). The average molecular weight is 376 g/mol. The second-order valence-corrected chi connectivity index (χ2v) is 6.01. The Morgan fingerprint density at radius 1 is 1.15 bits per heavy atom. The SMILES string of the molecule is CCOC(=O)C1=C(COC(=O)CCOc2ccc(C)cc2)NC(=O)N[C@@H]1C. The van der Waals surface area contributed by atoms with E-state index in [1.807, 2.05) is 31.2 Å². The van der Waals surface area contributed by atoms with E-state index in [9.17, 15) is 14.4 Å². The molecule has 0 spiro atoms. The highest BCUT2D eigenvalue weighted by Gasteiger charge is 2.30. The van der Waals surface area contributed by atoms with Gasteiger partial charge in [-0.1, -0.05) is 17.7 Å². The molecule has 8 heteroatoms. The summed E-state index contributed by atoms with van der Waals surface area (Å²) in [5.74, 6) is -0.398. The highest BCUT2D eigenvalue weighted by Crippen LogP contribution is 2.15. The fourth-order valence-corrected chi connectivity index (χ4v) is 2.50. The van der Waals surface area contributed by atoms with Crippen LogP contribution >= 0.6 is 0 Å². The van der Waals surface area contributed by atoms with E-state index in [-0.39, 0.29) is 37.5 Å². The van der Waals surface area contributed by atoms with Crippen LogP contribution in [-0.2, 0) is 19.1 Å². The molecule has 0 saturated heterocycles. The van der Waals surface area contributed by atoms with E-state index < -0.39 is 24.0 Å². The Balaban J connectivity index is 1.88. The van der Waals surface area contributed by atoms with Crippen molar-refractivity contribution in [2.24, 2.45) is 0 Å². The first-order valence-corrected chi connectivity index (χ1v) is 8.73. The summed E-state index contributed by atoms with van der Waals surface area (Å²) >= 11 is 0. The van der Waals surface area contributed by atoms with Crippen LogP contribution in [0.2, 0.25) is 0 Å². The molecule has 0 radical (unpaired) electrons. The fourth-order valence-electron chi connectivity index (χ4n) is 2.50. The van der Waals surface area contributed by atoms with Crippen LogP contribution in [0, 0.1) is 6.92 Å². The predicted octanol–water partition coefficient (Wildman–Crippen LogP) is 1.83. The lowest BCUT2D eigenvalue weighted by Gasteiger charge is -2.26. The second-order valence-electron chi connectivity index (χ2n) is 6.01. The number of amides is 2. The molecule has 1 aromatic carbocycles. The number of carbonyl (C=O) groups excluding carboxylic acids is 3. The van der Waals surface area contributed by atoms with Crippen LogP contribution in [0.1, 0.15) is 25.8 Å². The maximum absolute atomic E-state index is 12.1. The minimum absolute atomic E-state index is 0.0393. The van der Waals surface area contributed by atoms with Crippen molar-refractivity contribution in [3.8, 4) is 5.75 Å². The van der Waals surface area contributed by atoms with E-state index in [1.165, 1.54) is 0 Å². The lowest BCUT2D eigenvalue weighted by atomic mass is 10.0. The van der Waals surface area contributed by atoms with E-state index in [0.29, 0.717) is 5.75 Å². The minimum Gasteiger partial charge on any atom is -0.493 e. The van der Waals surface area contributed by atoms with Gasteiger partial charge < -0.3 is 24.8 Å². The Kier molecular flexibility index (Phi) is 7.22. The molecule has 2 amide bonds. The molecular formula is C19H24N2O6. The first-order chi connectivity index (χ1) is 12.9. The summed E-state index contributed by atoms with van der Waals surface area (Å²) in [6, 6.07) is 6.46. The molecular weight excluding hydrogens is 352 g/mol. The van der Waals surface area contributed by atoms with Gasteiger partial charge >= 0.3 is 18.0 Å². The Bertz CT molecular complexity index is 726. The monoisotopic (exact) mass is 376 g/mol. The summed E-state index contributed by atoms with van der Waals surface area (Å²) in [7, 11) is 0. The van der Waals surface area contributed by atoms with E-state index in [4.69, 9.17) is 14.2 Å². The summed E-state index contributed by atoms with van der Waals surface area (Å²) in [6.45, 7) is 5.45. The molecule has 8 nitrogen and oxygen atoms in total. The van der Waals surface area contributed by atoms with Crippen molar-refractivity contribution in [3.05, 3.63) is 41.1 Å². The van der Waals surface area contributed by atoms with Gasteiger partial charge in [0, 0.05) is 0 Å². The van der Waals surface area contributed by atoms with Crippen molar-refractivity contribution < 1.29 is 28.6 Å². The first kappa shape index (κ1) is 20.3. The second kappa shape index (κ2) is 9.61. The molecule has 27 heavy (non-hydrogen) atoms. The smallest absolute Gasteiger partial charge is 0.338 e. The molecule has 146 valence electrons. The Morgan fingerprint density at radius 3 is 2.52 bits per heavy atom. The number of ether oxygens (including phenoxy) is 3. The zero-order chi connectivity index (χ0) is 19.8. The average Bonchev–Trinajstić information content (AvgIpc) is 2.61. The van der Waals surface area contributed by atoms with Gasteiger partial charge in [0.15, 0.2) is 0 Å². The van der Waals surface area contributed by atoms with Crippen LogP contribution < -0.4 is 15.4 Å². The number of hydrogen-bond acceptors (Lipinski definition) is 6. The topological polar surface area (TPSA) is 103 Å². The van der Waals surface area contributed by atoms with Gasteiger partial charge in [-0.2, -0.15) is 0 Å². The number of benzene rings is 1.